The second kappa shape index (κ2) is 11.2. The molecule has 0 spiro atoms. The van der Waals surface area contributed by atoms with Gasteiger partial charge in [-0.05, 0) is 32.8 Å². The summed E-state index contributed by atoms with van der Waals surface area (Å²) in [4.78, 5) is 22.9. The molecule has 0 amide bonds. The number of hydrogen-bond acceptors (Lipinski definition) is 5. The molecule has 0 aliphatic carbocycles. The zero-order valence-corrected chi connectivity index (χ0v) is 17.3. The predicted octanol–water partition coefficient (Wildman–Crippen LogP) is 3.04. The van der Waals surface area contributed by atoms with E-state index in [0.29, 0.717) is 35.6 Å². The Kier molecular flexibility index (Phi) is 8.94. The second-order valence-corrected chi connectivity index (χ2v) is 7.00. The number of hydrogen-bond donors (Lipinski definition) is 2. The number of rotatable bonds is 7. The molecular formula is C18H27Cl2N5O2. The second-order valence-electron chi connectivity index (χ2n) is 6.16. The minimum Gasteiger partial charge on any atom is -0.466 e. The van der Waals surface area contributed by atoms with Gasteiger partial charge in [0.25, 0.3) is 0 Å². The molecule has 0 saturated carbocycles. The third kappa shape index (κ3) is 6.74. The van der Waals surface area contributed by atoms with Crippen LogP contribution < -0.4 is 10.6 Å². The van der Waals surface area contributed by atoms with E-state index in [1.54, 1.807) is 12.3 Å². The van der Waals surface area contributed by atoms with Crippen molar-refractivity contribution in [2.24, 2.45) is 10.9 Å². The number of aliphatic imine (C=N–C) groups is 1. The van der Waals surface area contributed by atoms with Crippen LogP contribution in [0.15, 0.2) is 17.3 Å². The number of carbonyl (C=O) groups excluding carboxylic acids is 1. The highest BCUT2D eigenvalue weighted by atomic mass is 35.5. The Morgan fingerprint density at radius 2 is 2.11 bits per heavy atom. The van der Waals surface area contributed by atoms with Crippen LogP contribution in [0, 0.1) is 5.92 Å². The maximum Gasteiger partial charge on any atom is 0.309 e. The molecule has 7 nitrogen and oxygen atoms in total. The molecule has 0 atom stereocenters. The summed E-state index contributed by atoms with van der Waals surface area (Å²) < 4.78 is 5.13. The Balaban J connectivity index is 1.84. The van der Waals surface area contributed by atoms with Gasteiger partial charge < -0.3 is 20.3 Å². The number of nitrogens with one attached hydrogen (secondary N) is 2. The fourth-order valence-electron chi connectivity index (χ4n) is 2.89. The van der Waals surface area contributed by atoms with Crippen molar-refractivity contribution in [1.82, 2.24) is 15.2 Å². The first-order chi connectivity index (χ1) is 13.0. The lowest BCUT2D eigenvalue weighted by Gasteiger charge is -2.33. The number of piperidine rings is 1. The molecule has 0 radical (unpaired) electrons. The van der Waals surface area contributed by atoms with E-state index in [-0.39, 0.29) is 11.9 Å². The molecule has 1 aliphatic rings. The first-order valence-corrected chi connectivity index (χ1v) is 10.1. The number of carbonyl (C=O) groups is 1. The SMILES string of the molecule is CCNC(=NCCNc1ncc(Cl)cc1Cl)N1CCC(C(=O)OCC)CC1. The van der Waals surface area contributed by atoms with E-state index < -0.39 is 0 Å². The average Bonchev–Trinajstić information content (AvgIpc) is 2.66. The minimum absolute atomic E-state index is 0.0103. The lowest BCUT2D eigenvalue weighted by atomic mass is 9.97. The third-order valence-corrected chi connectivity index (χ3v) is 4.72. The van der Waals surface area contributed by atoms with Crippen molar-refractivity contribution in [1.29, 1.82) is 0 Å². The van der Waals surface area contributed by atoms with E-state index in [1.807, 2.05) is 13.8 Å². The number of halogens is 2. The van der Waals surface area contributed by atoms with Crippen LogP contribution >= 0.6 is 23.2 Å². The van der Waals surface area contributed by atoms with Gasteiger partial charge in [0.2, 0.25) is 0 Å². The number of anilines is 1. The topological polar surface area (TPSA) is 78.9 Å². The van der Waals surface area contributed by atoms with E-state index in [2.05, 4.69) is 25.5 Å². The summed E-state index contributed by atoms with van der Waals surface area (Å²) in [5.74, 6) is 1.35. The van der Waals surface area contributed by atoms with E-state index >= 15 is 0 Å². The lowest BCUT2D eigenvalue weighted by molar-refractivity contribution is -0.149. The molecular weight excluding hydrogens is 389 g/mol. The van der Waals surface area contributed by atoms with E-state index in [0.717, 1.165) is 38.4 Å². The summed E-state index contributed by atoms with van der Waals surface area (Å²) in [7, 11) is 0. The Morgan fingerprint density at radius 3 is 2.74 bits per heavy atom. The van der Waals surface area contributed by atoms with Gasteiger partial charge in [0, 0.05) is 32.4 Å². The standard InChI is InChI=1S/C18H27Cl2N5O2/c1-3-21-18(25-9-5-13(6-10-25)17(26)27-4-2)23-8-7-22-16-15(20)11-14(19)12-24-16/h11-13H,3-10H2,1-2H3,(H,21,23)(H,22,24). The van der Waals surface area contributed by atoms with Crippen molar-refractivity contribution in [3.63, 3.8) is 0 Å². The van der Waals surface area contributed by atoms with Gasteiger partial charge in [-0.25, -0.2) is 4.98 Å². The minimum atomic E-state index is -0.0874. The van der Waals surface area contributed by atoms with Gasteiger partial charge in [0.05, 0.1) is 29.1 Å². The zero-order valence-electron chi connectivity index (χ0n) is 15.8. The molecule has 2 heterocycles. The van der Waals surface area contributed by atoms with Crippen LogP contribution in [-0.2, 0) is 9.53 Å². The lowest BCUT2D eigenvalue weighted by Crippen LogP contribution is -2.47. The molecule has 9 heteroatoms. The van der Waals surface area contributed by atoms with Gasteiger partial charge in [0.15, 0.2) is 5.96 Å². The molecule has 1 fully saturated rings. The Hall–Kier alpha value is -1.73. The van der Waals surface area contributed by atoms with Crippen LogP contribution in [0.3, 0.4) is 0 Å². The normalized spacial score (nSPS) is 15.6. The number of likely N-dealkylation sites (tertiary alicyclic amines) is 1. The van der Waals surface area contributed by atoms with Crippen LogP contribution in [0.2, 0.25) is 10.0 Å². The Morgan fingerprint density at radius 1 is 1.37 bits per heavy atom. The average molecular weight is 416 g/mol. The highest BCUT2D eigenvalue weighted by Crippen LogP contribution is 2.22. The van der Waals surface area contributed by atoms with Gasteiger partial charge in [-0.1, -0.05) is 23.2 Å². The van der Waals surface area contributed by atoms with E-state index in [9.17, 15) is 4.79 Å². The number of aromatic nitrogens is 1. The molecule has 0 aromatic carbocycles. The number of nitrogens with zero attached hydrogens (tertiary/aromatic N) is 3. The van der Waals surface area contributed by atoms with E-state index in [1.165, 1.54) is 0 Å². The number of esters is 1. The van der Waals surface area contributed by atoms with Crippen LogP contribution in [0.1, 0.15) is 26.7 Å². The van der Waals surface area contributed by atoms with Crippen LogP contribution in [-0.4, -0.2) is 61.1 Å². The number of guanidine groups is 1. The molecule has 1 aromatic heterocycles. The van der Waals surface area contributed by atoms with Crippen LogP contribution in [0.5, 0.6) is 0 Å². The molecule has 2 N–H and O–H groups in total. The molecule has 2 rings (SSSR count). The van der Waals surface area contributed by atoms with Crippen molar-refractivity contribution < 1.29 is 9.53 Å². The maximum atomic E-state index is 11.9. The van der Waals surface area contributed by atoms with E-state index in [4.69, 9.17) is 27.9 Å². The summed E-state index contributed by atoms with van der Waals surface area (Å²) in [5, 5.41) is 7.46. The third-order valence-electron chi connectivity index (χ3n) is 4.22. The maximum absolute atomic E-state index is 11.9. The van der Waals surface area contributed by atoms with Gasteiger partial charge in [-0.3, -0.25) is 9.79 Å². The van der Waals surface area contributed by atoms with Crippen molar-refractivity contribution in [2.75, 3.05) is 44.6 Å². The monoisotopic (exact) mass is 415 g/mol. The van der Waals surface area contributed by atoms with Crippen molar-refractivity contribution in [3.8, 4) is 0 Å². The summed E-state index contributed by atoms with van der Waals surface area (Å²) >= 11 is 11.9. The first kappa shape index (κ1) is 21.6. The fraction of sp³-hybridized carbons (Fsp3) is 0.611. The van der Waals surface area contributed by atoms with Crippen molar-refractivity contribution in [3.05, 3.63) is 22.3 Å². The zero-order chi connectivity index (χ0) is 19.6. The molecule has 1 aromatic rings. The van der Waals surface area contributed by atoms with Crippen molar-refractivity contribution in [2.45, 2.75) is 26.7 Å². The predicted molar refractivity (Wildman–Crippen MR) is 110 cm³/mol. The summed E-state index contributed by atoms with van der Waals surface area (Å²) in [6.45, 7) is 7.83. The van der Waals surface area contributed by atoms with Crippen LogP contribution in [0.25, 0.3) is 0 Å². The summed E-state index contributed by atoms with van der Waals surface area (Å²) in [6.07, 6.45) is 3.12. The largest absolute Gasteiger partial charge is 0.466 e. The Bertz CT molecular complexity index is 649. The highest BCUT2D eigenvalue weighted by Gasteiger charge is 2.27. The highest BCUT2D eigenvalue weighted by molar-refractivity contribution is 6.35. The molecule has 150 valence electrons. The summed E-state index contributed by atoms with van der Waals surface area (Å²) in [5.41, 5.74) is 0. The summed E-state index contributed by atoms with van der Waals surface area (Å²) in [6, 6.07) is 1.65. The van der Waals surface area contributed by atoms with Crippen LogP contribution in [0.4, 0.5) is 5.82 Å². The molecule has 27 heavy (non-hydrogen) atoms. The molecule has 1 aliphatic heterocycles. The molecule has 1 saturated heterocycles. The first-order valence-electron chi connectivity index (χ1n) is 9.30. The van der Waals surface area contributed by atoms with Gasteiger partial charge >= 0.3 is 5.97 Å². The number of ether oxygens (including phenoxy) is 1. The Labute approximate surface area is 170 Å². The van der Waals surface area contributed by atoms with Gasteiger partial charge in [-0.2, -0.15) is 0 Å². The van der Waals surface area contributed by atoms with Gasteiger partial charge in [0.1, 0.15) is 5.82 Å². The smallest absolute Gasteiger partial charge is 0.309 e. The molecule has 0 unspecified atom stereocenters. The van der Waals surface area contributed by atoms with Crippen molar-refractivity contribution >= 4 is 40.9 Å². The van der Waals surface area contributed by atoms with Gasteiger partial charge in [-0.15, -0.1) is 0 Å². The molecule has 0 bridgehead atoms. The quantitative estimate of drug-likeness (QED) is 0.308. The fourth-order valence-corrected chi connectivity index (χ4v) is 3.34. The number of pyridine rings is 1.